The highest BCUT2D eigenvalue weighted by Gasteiger charge is 2.37. The molecule has 2 aliphatic heterocycles. The Kier molecular flexibility index (Phi) is 7.64. The molecule has 1 amide bonds. The number of likely N-dealkylation sites (tertiary alicyclic amines) is 1. The van der Waals surface area contributed by atoms with E-state index in [4.69, 9.17) is 0 Å². The Labute approximate surface area is 223 Å². The molecule has 3 aromatic rings. The van der Waals surface area contributed by atoms with Gasteiger partial charge in [0.05, 0.1) is 6.42 Å². The third kappa shape index (κ3) is 5.23. The highest BCUT2D eigenvalue weighted by atomic mass is 16.2. The number of nitrogens with one attached hydrogen (secondary N) is 1. The van der Waals surface area contributed by atoms with Crippen LogP contribution in [0.5, 0.6) is 0 Å². The van der Waals surface area contributed by atoms with E-state index in [1.54, 1.807) is 30.5 Å². The molecule has 1 fully saturated rings. The minimum atomic E-state index is -0.609. The largest absolute Gasteiger partial charge is 0.364 e. The zero-order valence-electron chi connectivity index (χ0n) is 21.7. The summed E-state index contributed by atoms with van der Waals surface area (Å²) in [4.78, 5) is 43.3. The fourth-order valence-electron chi connectivity index (χ4n) is 5.41. The number of amides is 1. The second kappa shape index (κ2) is 11.4. The summed E-state index contributed by atoms with van der Waals surface area (Å²) >= 11 is 0. The van der Waals surface area contributed by atoms with Gasteiger partial charge in [-0.25, -0.2) is 0 Å². The first-order valence-corrected chi connectivity index (χ1v) is 13.3. The van der Waals surface area contributed by atoms with E-state index in [1.807, 2.05) is 72.5 Å². The first-order valence-electron chi connectivity index (χ1n) is 13.3. The van der Waals surface area contributed by atoms with Crippen LogP contribution < -0.4 is 5.32 Å². The van der Waals surface area contributed by atoms with E-state index in [1.165, 1.54) is 0 Å². The van der Waals surface area contributed by atoms with Gasteiger partial charge in [-0.1, -0.05) is 84.9 Å². The second-order valence-corrected chi connectivity index (χ2v) is 9.93. The normalized spacial score (nSPS) is 17.4. The Balaban J connectivity index is 1.65. The van der Waals surface area contributed by atoms with Crippen LogP contribution in [-0.2, 0) is 4.79 Å². The van der Waals surface area contributed by atoms with Crippen LogP contribution in [0.25, 0.3) is 0 Å². The number of carbonyl (C=O) groups excluding carboxylic acids is 3. The van der Waals surface area contributed by atoms with Gasteiger partial charge >= 0.3 is 0 Å². The predicted molar refractivity (Wildman–Crippen MR) is 149 cm³/mol. The third-order valence-electron chi connectivity index (χ3n) is 7.44. The van der Waals surface area contributed by atoms with Crippen LogP contribution in [-0.4, -0.2) is 35.5 Å². The average molecular weight is 505 g/mol. The van der Waals surface area contributed by atoms with Crippen molar-refractivity contribution in [2.24, 2.45) is 0 Å². The Morgan fingerprint density at radius 3 is 1.97 bits per heavy atom. The molecule has 38 heavy (non-hydrogen) atoms. The highest BCUT2D eigenvalue weighted by molar-refractivity contribution is 6.16. The summed E-state index contributed by atoms with van der Waals surface area (Å²) in [6, 6.07) is 26.1. The first-order chi connectivity index (χ1) is 18.5. The number of benzene rings is 3. The molecule has 0 aromatic heterocycles. The van der Waals surface area contributed by atoms with Crippen molar-refractivity contribution in [2.75, 3.05) is 13.1 Å². The van der Waals surface area contributed by atoms with Gasteiger partial charge in [0, 0.05) is 53.2 Å². The van der Waals surface area contributed by atoms with E-state index in [0.717, 1.165) is 43.5 Å². The lowest BCUT2D eigenvalue weighted by Crippen LogP contribution is -2.38. The van der Waals surface area contributed by atoms with Gasteiger partial charge in [-0.3, -0.25) is 14.4 Å². The van der Waals surface area contributed by atoms with Gasteiger partial charge in [-0.15, -0.1) is 0 Å². The number of Topliss-reactive ketones (excluding diaryl/α,β-unsaturated/α-hetero) is 2. The molecular weight excluding hydrogens is 472 g/mol. The molecule has 1 unspecified atom stereocenters. The van der Waals surface area contributed by atoms with Gasteiger partial charge in [-0.05, 0) is 37.3 Å². The lowest BCUT2D eigenvalue weighted by atomic mass is 9.75. The minimum absolute atomic E-state index is 0.000307. The number of rotatable bonds is 7. The summed E-state index contributed by atoms with van der Waals surface area (Å²) < 4.78 is 0. The van der Waals surface area contributed by atoms with E-state index < -0.39 is 5.92 Å². The molecule has 5 nitrogen and oxygen atoms in total. The van der Waals surface area contributed by atoms with Gasteiger partial charge < -0.3 is 10.2 Å². The van der Waals surface area contributed by atoms with Crippen molar-refractivity contribution < 1.29 is 14.4 Å². The molecule has 5 rings (SSSR count). The lowest BCUT2D eigenvalue weighted by Gasteiger charge is -2.32. The molecule has 2 heterocycles. The SMILES string of the molecule is Cc1ccccc1C1C(C(=O)c2ccccc2)=CNC(CC(=O)N2CCCCC2)=C1C(=O)c1ccccc1. The summed E-state index contributed by atoms with van der Waals surface area (Å²) in [6.07, 6.45) is 4.91. The Bertz CT molecular complexity index is 1400. The van der Waals surface area contributed by atoms with Crippen LogP contribution >= 0.6 is 0 Å². The molecule has 0 radical (unpaired) electrons. The van der Waals surface area contributed by atoms with Crippen molar-refractivity contribution in [3.05, 3.63) is 130 Å². The monoisotopic (exact) mass is 504 g/mol. The molecule has 1 saturated heterocycles. The Morgan fingerprint density at radius 1 is 0.763 bits per heavy atom. The second-order valence-electron chi connectivity index (χ2n) is 9.93. The maximum Gasteiger partial charge on any atom is 0.228 e. The van der Waals surface area contributed by atoms with E-state index in [0.29, 0.717) is 28.0 Å². The molecule has 2 aliphatic rings. The molecule has 3 aromatic carbocycles. The number of hydrogen-bond donors (Lipinski definition) is 1. The summed E-state index contributed by atoms with van der Waals surface area (Å²) in [6.45, 7) is 3.47. The van der Waals surface area contributed by atoms with E-state index in [9.17, 15) is 14.4 Å². The molecule has 192 valence electrons. The Morgan fingerprint density at radius 2 is 1.34 bits per heavy atom. The quantitative estimate of drug-likeness (QED) is 0.402. The van der Waals surface area contributed by atoms with Crippen LogP contribution in [0.15, 0.2) is 108 Å². The summed E-state index contributed by atoms with van der Waals surface area (Å²) in [7, 11) is 0. The number of aryl methyl sites for hydroxylation is 1. The molecule has 0 saturated carbocycles. The third-order valence-corrected chi connectivity index (χ3v) is 7.44. The summed E-state index contributed by atoms with van der Waals surface area (Å²) in [5, 5.41) is 3.24. The number of carbonyl (C=O) groups is 3. The fraction of sp³-hybridized carbons (Fsp3) is 0.242. The van der Waals surface area contributed by atoms with E-state index in [-0.39, 0.29) is 23.9 Å². The van der Waals surface area contributed by atoms with Gasteiger partial charge in [0.2, 0.25) is 5.91 Å². The Hall–Kier alpha value is -4.25. The standard InChI is InChI=1S/C33H32N2O3/c1-23-13-9-10-18-26(23)30-27(32(37)24-14-5-2-6-15-24)22-34-28(21-29(36)35-19-11-4-12-20-35)31(30)33(38)25-16-7-3-8-17-25/h2-3,5-10,13-18,22,30,34H,4,11-12,19-21H2,1H3. The molecule has 0 bridgehead atoms. The van der Waals surface area contributed by atoms with Gasteiger partial charge in [0.15, 0.2) is 11.6 Å². The van der Waals surface area contributed by atoms with Crippen molar-refractivity contribution in [3.63, 3.8) is 0 Å². The van der Waals surface area contributed by atoms with Crippen molar-refractivity contribution >= 4 is 17.5 Å². The van der Waals surface area contributed by atoms with Gasteiger partial charge in [0.1, 0.15) is 0 Å². The molecule has 1 atom stereocenters. The zero-order chi connectivity index (χ0) is 26.5. The maximum absolute atomic E-state index is 14.2. The molecule has 1 N–H and O–H groups in total. The lowest BCUT2D eigenvalue weighted by molar-refractivity contribution is -0.131. The van der Waals surface area contributed by atoms with Gasteiger partial charge in [-0.2, -0.15) is 0 Å². The van der Waals surface area contributed by atoms with Crippen LogP contribution in [0.4, 0.5) is 0 Å². The zero-order valence-corrected chi connectivity index (χ0v) is 21.7. The summed E-state index contributed by atoms with van der Waals surface area (Å²) in [5.41, 5.74) is 4.44. The van der Waals surface area contributed by atoms with E-state index >= 15 is 0 Å². The number of hydrogen-bond acceptors (Lipinski definition) is 4. The van der Waals surface area contributed by atoms with Crippen molar-refractivity contribution in [3.8, 4) is 0 Å². The van der Waals surface area contributed by atoms with Crippen molar-refractivity contribution in [2.45, 2.75) is 38.5 Å². The number of nitrogens with zero attached hydrogens (tertiary/aromatic N) is 1. The number of piperidine rings is 1. The maximum atomic E-state index is 14.2. The number of allylic oxidation sites excluding steroid dienone is 2. The average Bonchev–Trinajstić information content (AvgIpc) is 2.98. The molecule has 0 spiro atoms. The predicted octanol–water partition coefficient (Wildman–Crippen LogP) is 5.99. The van der Waals surface area contributed by atoms with Crippen molar-refractivity contribution in [1.29, 1.82) is 0 Å². The molecule has 5 heteroatoms. The number of ketones is 2. The first kappa shape index (κ1) is 25.4. The molecule has 0 aliphatic carbocycles. The van der Waals surface area contributed by atoms with Crippen LogP contribution in [0.1, 0.15) is 63.4 Å². The van der Waals surface area contributed by atoms with Crippen LogP contribution in [0.2, 0.25) is 0 Å². The highest BCUT2D eigenvalue weighted by Crippen LogP contribution is 2.41. The fourth-order valence-corrected chi connectivity index (χ4v) is 5.41. The van der Waals surface area contributed by atoms with Crippen LogP contribution in [0.3, 0.4) is 0 Å². The minimum Gasteiger partial charge on any atom is -0.364 e. The van der Waals surface area contributed by atoms with Crippen molar-refractivity contribution in [1.82, 2.24) is 10.2 Å². The van der Waals surface area contributed by atoms with E-state index in [2.05, 4.69) is 5.32 Å². The summed E-state index contributed by atoms with van der Waals surface area (Å²) in [5.74, 6) is -0.937. The number of dihydropyridines is 1. The topological polar surface area (TPSA) is 66.5 Å². The smallest absolute Gasteiger partial charge is 0.228 e. The van der Waals surface area contributed by atoms with Gasteiger partial charge in [0.25, 0.3) is 0 Å². The van der Waals surface area contributed by atoms with Crippen LogP contribution in [0, 0.1) is 6.92 Å². The molecular formula is C33H32N2O3.